The van der Waals surface area contributed by atoms with Crippen LogP contribution in [0.1, 0.15) is 37.3 Å². The van der Waals surface area contributed by atoms with Gasteiger partial charge in [0, 0.05) is 25.4 Å². The van der Waals surface area contributed by atoms with Gasteiger partial charge in [0.05, 0.1) is 6.20 Å². The normalized spacial score (nSPS) is 18.2. The number of nitrogens with one attached hydrogen (secondary N) is 1. The zero-order chi connectivity index (χ0) is 12.3. The van der Waals surface area contributed by atoms with Gasteiger partial charge >= 0.3 is 0 Å². The van der Waals surface area contributed by atoms with Gasteiger partial charge in [-0.3, -0.25) is 9.48 Å². The van der Waals surface area contributed by atoms with Crippen molar-refractivity contribution < 1.29 is 4.79 Å². The molecule has 1 amide bonds. The standard InChI is InChI=1S/C12H20N4O/c1-16-8-10(7-15-16)11(13)12(17)14-6-9-4-2-3-5-9/h7-9,11H,2-6,13H2,1H3,(H,14,17). The first-order chi connectivity index (χ1) is 8.16. The Bertz CT molecular complexity index is 382. The number of hydrogen-bond acceptors (Lipinski definition) is 3. The van der Waals surface area contributed by atoms with Crippen molar-refractivity contribution in [2.24, 2.45) is 18.7 Å². The van der Waals surface area contributed by atoms with Gasteiger partial charge in [-0.05, 0) is 18.8 Å². The average Bonchev–Trinajstić information content (AvgIpc) is 2.95. The number of nitrogens with zero attached hydrogens (tertiary/aromatic N) is 2. The highest BCUT2D eigenvalue weighted by atomic mass is 16.2. The van der Waals surface area contributed by atoms with E-state index >= 15 is 0 Å². The highest BCUT2D eigenvalue weighted by Crippen LogP contribution is 2.23. The van der Waals surface area contributed by atoms with Crippen LogP contribution in [-0.2, 0) is 11.8 Å². The molecule has 0 spiro atoms. The second-order valence-electron chi connectivity index (χ2n) is 4.82. The molecule has 1 aliphatic carbocycles. The Morgan fingerprint density at radius 3 is 2.94 bits per heavy atom. The highest BCUT2D eigenvalue weighted by Gasteiger charge is 2.20. The van der Waals surface area contributed by atoms with E-state index in [-0.39, 0.29) is 5.91 Å². The summed E-state index contributed by atoms with van der Waals surface area (Å²) in [6, 6.07) is -0.606. The summed E-state index contributed by atoms with van der Waals surface area (Å²) in [5.74, 6) is 0.532. The van der Waals surface area contributed by atoms with Crippen LogP contribution in [0.15, 0.2) is 12.4 Å². The summed E-state index contributed by atoms with van der Waals surface area (Å²) in [5.41, 5.74) is 6.63. The van der Waals surface area contributed by atoms with Crippen molar-refractivity contribution in [1.29, 1.82) is 0 Å². The fourth-order valence-corrected chi connectivity index (χ4v) is 2.32. The van der Waals surface area contributed by atoms with Crippen molar-refractivity contribution in [3.8, 4) is 0 Å². The minimum absolute atomic E-state index is 0.107. The number of carbonyl (C=O) groups is 1. The molecule has 0 saturated heterocycles. The van der Waals surface area contributed by atoms with Gasteiger partial charge in [0.15, 0.2) is 0 Å². The third-order valence-corrected chi connectivity index (χ3v) is 3.41. The molecule has 17 heavy (non-hydrogen) atoms. The maximum Gasteiger partial charge on any atom is 0.241 e. The Morgan fingerprint density at radius 2 is 2.35 bits per heavy atom. The Morgan fingerprint density at radius 1 is 1.65 bits per heavy atom. The molecule has 2 rings (SSSR count). The van der Waals surface area contributed by atoms with Crippen LogP contribution in [0.3, 0.4) is 0 Å². The second kappa shape index (κ2) is 5.31. The molecule has 0 radical (unpaired) electrons. The molecule has 0 aliphatic heterocycles. The number of hydrogen-bond donors (Lipinski definition) is 2. The first-order valence-electron chi connectivity index (χ1n) is 6.18. The lowest BCUT2D eigenvalue weighted by atomic mass is 10.1. The molecule has 1 atom stereocenters. The second-order valence-corrected chi connectivity index (χ2v) is 4.82. The van der Waals surface area contributed by atoms with E-state index in [9.17, 15) is 4.79 Å². The van der Waals surface area contributed by atoms with Gasteiger partial charge in [0.1, 0.15) is 6.04 Å². The molecular weight excluding hydrogens is 216 g/mol. The third-order valence-electron chi connectivity index (χ3n) is 3.41. The van der Waals surface area contributed by atoms with Crippen molar-refractivity contribution in [3.63, 3.8) is 0 Å². The molecule has 1 unspecified atom stereocenters. The molecular formula is C12H20N4O. The van der Waals surface area contributed by atoms with E-state index in [2.05, 4.69) is 10.4 Å². The predicted molar refractivity (Wildman–Crippen MR) is 65.1 cm³/mol. The van der Waals surface area contributed by atoms with Gasteiger partial charge in [-0.15, -0.1) is 0 Å². The van der Waals surface area contributed by atoms with E-state index in [1.807, 2.05) is 7.05 Å². The van der Waals surface area contributed by atoms with E-state index in [1.165, 1.54) is 25.7 Å². The molecule has 3 N–H and O–H groups in total. The summed E-state index contributed by atoms with van der Waals surface area (Å²) >= 11 is 0. The lowest BCUT2D eigenvalue weighted by Gasteiger charge is -2.13. The van der Waals surface area contributed by atoms with E-state index in [0.29, 0.717) is 5.92 Å². The summed E-state index contributed by atoms with van der Waals surface area (Å²) in [4.78, 5) is 11.8. The minimum atomic E-state index is -0.606. The Hall–Kier alpha value is -1.36. The summed E-state index contributed by atoms with van der Waals surface area (Å²) in [6.07, 6.45) is 8.44. The fraction of sp³-hybridized carbons (Fsp3) is 0.667. The topological polar surface area (TPSA) is 72.9 Å². The van der Waals surface area contributed by atoms with Crippen LogP contribution in [0.2, 0.25) is 0 Å². The largest absolute Gasteiger partial charge is 0.354 e. The molecule has 5 heteroatoms. The van der Waals surface area contributed by atoms with Crippen molar-refractivity contribution in [3.05, 3.63) is 18.0 Å². The summed E-state index contributed by atoms with van der Waals surface area (Å²) in [6.45, 7) is 0.757. The van der Waals surface area contributed by atoms with Gasteiger partial charge in [-0.2, -0.15) is 5.10 Å². The number of nitrogens with two attached hydrogens (primary N) is 1. The van der Waals surface area contributed by atoms with Crippen molar-refractivity contribution in [2.45, 2.75) is 31.7 Å². The SMILES string of the molecule is Cn1cc(C(N)C(=O)NCC2CCCC2)cn1. The van der Waals surface area contributed by atoms with Crippen LogP contribution in [0, 0.1) is 5.92 Å². The molecule has 1 aromatic rings. The van der Waals surface area contributed by atoms with E-state index in [4.69, 9.17) is 5.73 Å². The van der Waals surface area contributed by atoms with E-state index in [1.54, 1.807) is 17.1 Å². The lowest BCUT2D eigenvalue weighted by molar-refractivity contribution is -0.122. The minimum Gasteiger partial charge on any atom is -0.354 e. The van der Waals surface area contributed by atoms with Crippen LogP contribution in [0.25, 0.3) is 0 Å². The van der Waals surface area contributed by atoms with Gasteiger partial charge in [-0.25, -0.2) is 0 Å². The van der Waals surface area contributed by atoms with Gasteiger partial charge in [0.2, 0.25) is 5.91 Å². The maximum absolute atomic E-state index is 11.8. The molecule has 1 fully saturated rings. The molecule has 0 bridgehead atoms. The Kier molecular flexibility index (Phi) is 3.78. The summed E-state index contributed by atoms with van der Waals surface area (Å²) in [7, 11) is 1.81. The van der Waals surface area contributed by atoms with Gasteiger partial charge in [-0.1, -0.05) is 12.8 Å². The third kappa shape index (κ3) is 3.06. The van der Waals surface area contributed by atoms with Crippen molar-refractivity contribution in [1.82, 2.24) is 15.1 Å². The number of rotatable bonds is 4. The smallest absolute Gasteiger partial charge is 0.241 e. The highest BCUT2D eigenvalue weighted by molar-refractivity contribution is 5.82. The zero-order valence-corrected chi connectivity index (χ0v) is 10.2. The summed E-state index contributed by atoms with van der Waals surface area (Å²) < 4.78 is 1.65. The quantitative estimate of drug-likeness (QED) is 0.809. The number of aromatic nitrogens is 2. The molecule has 1 aromatic heterocycles. The zero-order valence-electron chi connectivity index (χ0n) is 10.2. The first kappa shape index (κ1) is 12.1. The van der Waals surface area contributed by atoms with E-state index in [0.717, 1.165) is 12.1 Å². The van der Waals surface area contributed by atoms with Crippen molar-refractivity contribution >= 4 is 5.91 Å². The molecule has 1 saturated carbocycles. The average molecular weight is 236 g/mol. The molecule has 94 valence electrons. The van der Waals surface area contributed by atoms with Crippen LogP contribution < -0.4 is 11.1 Å². The fourth-order valence-electron chi connectivity index (χ4n) is 2.32. The van der Waals surface area contributed by atoms with E-state index < -0.39 is 6.04 Å². The summed E-state index contributed by atoms with van der Waals surface area (Å²) in [5, 5.41) is 6.95. The van der Waals surface area contributed by atoms with Crippen molar-refractivity contribution in [2.75, 3.05) is 6.54 Å². The molecule has 5 nitrogen and oxygen atoms in total. The monoisotopic (exact) mass is 236 g/mol. The maximum atomic E-state index is 11.8. The first-order valence-corrected chi connectivity index (χ1v) is 6.18. The molecule has 1 aliphatic rings. The van der Waals surface area contributed by atoms with Crippen LogP contribution in [0.4, 0.5) is 0 Å². The predicted octanol–water partition coefficient (Wildman–Crippen LogP) is 0.726. The molecule has 1 heterocycles. The van der Waals surface area contributed by atoms with Crippen LogP contribution in [-0.4, -0.2) is 22.2 Å². The number of aryl methyl sites for hydroxylation is 1. The Labute approximate surface area is 101 Å². The lowest BCUT2D eigenvalue weighted by Crippen LogP contribution is -2.36. The molecule has 0 aromatic carbocycles. The number of carbonyl (C=O) groups excluding carboxylic acids is 1. The van der Waals surface area contributed by atoms with Crippen LogP contribution >= 0.6 is 0 Å². The van der Waals surface area contributed by atoms with Gasteiger partial charge in [0.25, 0.3) is 0 Å². The Balaban J connectivity index is 1.82. The number of amides is 1. The van der Waals surface area contributed by atoms with Gasteiger partial charge < -0.3 is 11.1 Å². The van der Waals surface area contributed by atoms with Crippen LogP contribution in [0.5, 0.6) is 0 Å².